The number of halogens is 2. The maximum Gasteiger partial charge on any atom is 0.164 e. The Hall–Kier alpha value is -1.00. The second kappa shape index (κ2) is 5.33. The fraction of sp³-hybridized carbons (Fsp3) is 0.571. The van der Waals surface area contributed by atoms with Gasteiger partial charge < -0.3 is 10.4 Å². The Morgan fingerprint density at radius 3 is 2.33 bits per heavy atom. The van der Waals surface area contributed by atoms with Crippen LogP contribution in [0.1, 0.15) is 39.7 Å². The fourth-order valence-electron chi connectivity index (χ4n) is 1.74. The lowest BCUT2D eigenvalue weighted by Gasteiger charge is -2.27. The van der Waals surface area contributed by atoms with Crippen molar-refractivity contribution in [3.8, 4) is 0 Å². The Balaban J connectivity index is 2.77. The van der Waals surface area contributed by atoms with Crippen LogP contribution < -0.4 is 5.32 Å². The molecule has 0 saturated carbocycles. The molecule has 0 spiro atoms. The summed E-state index contributed by atoms with van der Waals surface area (Å²) in [5.74, 6) is -1.91. The highest BCUT2D eigenvalue weighted by Crippen LogP contribution is 2.27. The monoisotopic (exact) mass is 257 g/mol. The largest absolute Gasteiger partial charge is 0.385 e. The van der Waals surface area contributed by atoms with Crippen LogP contribution in [0.5, 0.6) is 0 Å². The van der Waals surface area contributed by atoms with Gasteiger partial charge in [-0.15, -0.1) is 0 Å². The normalized spacial score (nSPS) is 15.5. The summed E-state index contributed by atoms with van der Waals surface area (Å²) >= 11 is 0. The van der Waals surface area contributed by atoms with E-state index in [1.54, 1.807) is 0 Å². The molecule has 0 aliphatic carbocycles. The van der Waals surface area contributed by atoms with Crippen LogP contribution in [0.25, 0.3) is 0 Å². The lowest BCUT2D eigenvalue weighted by atomic mass is 9.91. The second-order valence-electron chi connectivity index (χ2n) is 5.80. The summed E-state index contributed by atoms with van der Waals surface area (Å²) in [5, 5.41) is 13.4. The molecule has 1 aromatic carbocycles. The van der Waals surface area contributed by atoms with Crippen molar-refractivity contribution in [2.45, 2.75) is 45.3 Å². The smallest absolute Gasteiger partial charge is 0.164 e. The van der Waals surface area contributed by atoms with E-state index in [1.165, 1.54) is 19.1 Å². The maximum absolute atomic E-state index is 13.6. The summed E-state index contributed by atoms with van der Waals surface area (Å²) in [5.41, 5.74) is -1.46. The van der Waals surface area contributed by atoms with Crippen molar-refractivity contribution in [3.63, 3.8) is 0 Å². The first-order valence-corrected chi connectivity index (χ1v) is 6.05. The van der Waals surface area contributed by atoms with Gasteiger partial charge in [0, 0.05) is 11.1 Å². The van der Waals surface area contributed by atoms with E-state index < -0.39 is 17.2 Å². The van der Waals surface area contributed by atoms with E-state index in [4.69, 9.17) is 0 Å². The summed E-state index contributed by atoms with van der Waals surface area (Å²) in [7, 11) is 0. The van der Waals surface area contributed by atoms with E-state index in [1.807, 2.05) is 20.8 Å². The lowest BCUT2D eigenvalue weighted by Crippen LogP contribution is -2.39. The molecule has 102 valence electrons. The number of benzene rings is 1. The highest BCUT2D eigenvalue weighted by molar-refractivity contribution is 5.24. The fourth-order valence-corrected chi connectivity index (χ4v) is 1.74. The van der Waals surface area contributed by atoms with E-state index >= 15 is 0 Å². The minimum Gasteiger partial charge on any atom is -0.385 e. The van der Waals surface area contributed by atoms with E-state index in [0.717, 1.165) is 6.07 Å². The van der Waals surface area contributed by atoms with Crippen LogP contribution in [0.15, 0.2) is 18.2 Å². The van der Waals surface area contributed by atoms with E-state index in [-0.39, 0.29) is 11.1 Å². The molecule has 0 radical (unpaired) electrons. The van der Waals surface area contributed by atoms with Gasteiger partial charge in [-0.1, -0.05) is 12.1 Å². The minimum atomic E-state index is -1.38. The highest BCUT2D eigenvalue weighted by Gasteiger charge is 2.28. The lowest BCUT2D eigenvalue weighted by molar-refractivity contribution is 0.0420. The molecule has 1 rings (SSSR count). The molecular formula is C14H21F2NO. The molecule has 1 aromatic rings. The van der Waals surface area contributed by atoms with Gasteiger partial charge >= 0.3 is 0 Å². The molecule has 1 unspecified atom stereocenters. The molecule has 0 saturated heterocycles. The zero-order valence-corrected chi connectivity index (χ0v) is 11.3. The number of hydrogen-bond donors (Lipinski definition) is 2. The minimum absolute atomic E-state index is 0.00166. The van der Waals surface area contributed by atoms with Crippen LogP contribution >= 0.6 is 0 Å². The zero-order valence-electron chi connectivity index (χ0n) is 11.3. The number of nitrogens with one attached hydrogen (secondary N) is 1. The molecule has 0 amide bonds. The summed E-state index contributed by atoms with van der Waals surface area (Å²) in [4.78, 5) is 0. The van der Waals surface area contributed by atoms with E-state index in [2.05, 4.69) is 5.32 Å². The average Bonchev–Trinajstić information content (AvgIpc) is 2.19. The molecule has 0 heterocycles. The first-order chi connectivity index (χ1) is 8.13. The van der Waals surface area contributed by atoms with Gasteiger partial charge in [0.05, 0.1) is 5.60 Å². The quantitative estimate of drug-likeness (QED) is 0.869. The van der Waals surface area contributed by atoms with E-state index in [9.17, 15) is 13.9 Å². The standard InChI is InChI=1S/C14H21F2NO/c1-13(2,3)17-9-8-14(4,18)10-6-5-7-11(15)12(10)16/h5-7,17-18H,8-9H2,1-4H3. The molecule has 0 fully saturated rings. The number of aliphatic hydroxyl groups is 1. The molecule has 2 N–H and O–H groups in total. The predicted octanol–water partition coefficient (Wildman–Crippen LogP) is 2.95. The Kier molecular flexibility index (Phi) is 4.46. The van der Waals surface area contributed by atoms with Crippen molar-refractivity contribution < 1.29 is 13.9 Å². The molecular weight excluding hydrogens is 236 g/mol. The van der Waals surface area contributed by atoms with Gasteiger partial charge in [0.15, 0.2) is 11.6 Å². The third-order valence-corrected chi connectivity index (χ3v) is 2.80. The van der Waals surface area contributed by atoms with Gasteiger partial charge in [-0.25, -0.2) is 8.78 Å². The van der Waals surface area contributed by atoms with Crippen molar-refractivity contribution in [2.24, 2.45) is 0 Å². The summed E-state index contributed by atoms with van der Waals surface area (Å²) < 4.78 is 26.7. The van der Waals surface area contributed by atoms with Gasteiger partial charge in [-0.3, -0.25) is 0 Å². The van der Waals surface area contributed by atoms with Gasteiger partial charge in [0.1, 0.15) is 0 Å². The van der Waals surface area contributed by atoms with Gasteiger partial charge in [-0.2, -0.15) is 0 Å². The van der Waals surface area contributed by atoms with Crippen LogP contribution in [-0.2, 0) is 5.60 Å². The summed E-state index contributed by atoms with van der Waals surface area (Å²) in [6.45, 7) is 8.03. The molecule has 0 bridgehead atoms. The third kappa shape index (κ3) is 4.03. The maximum atomic E-state index is 13.6. The summed E-state index contributed by atoms with van der Waals surface area (Å²) in [6.07, 6.45) is 0.310. The molecule has 2 nitrogen and oxygen atoms in total. The van der Waals surface area contributed by atoms with Crippen LogP contribution in [-0.4, -0.2) is 17.2 Å². The molecule has 1 atom stereocenters. The van der Waals surface area contributed by atoms with Crippen LogP contribution in [0.4, 0.5) is 8.78 Å². The molecule has 4 heteroatoms. The van der Waals surface area contributed by atoms with Crippen molar-refractivity contribution in [1.29, 1.82) is 0 Å². The van der Waals surface area contributed by atoms with Crippen LogP contribution in [0.2, 0.25) is 0 Å². The third-order valence-electron chi connectivity index (χ3n) is 2.80. The van der Waals surface area contributed by atoms with Gasteiger partial charge in [-0.05, 0) is 46.7 Å². The second-order valence-corrected chi connectivity index (χ2v) is 5.80. The Morgan fingerprint density at radius 1 is 1.17 bits per heavy atom. The first kappa shape index (κ1) is 15.1. The molecule has 0 aliphatic heterocycles. The Bertz CT molecular complexity index is 411. The highest BCUT2D eigenvalue weighted by atomic mass is 19.2. The topological polar surface area (TPSA) is 32.3 Å². The summed E-state index contributed by atoms with van der Waals surface area (Å²) in [6, 6.07) is 3.86. The van der Waals surface area contributed by atoms with Crippen molar-refractivity contribution in [2.75, 3.05) is 6.54 Å². The number of hydrogen-bond acceptors (Lipinski definition) is 2. The average molecular weight is 257 g/mol. The van der Waals surface area contributed by atoms with E-state index in [0.29, 0.717) is 13.0 Å². The van der Waals surface area contributed by atoms with Crippen molar-refractivity contribution >= 4 is 0 Å². The SMILES string of the molecule is CC(C)(C)NCCC(C)(O)c1cccc(F)c1F. The van der Waals surface area contributed by atoms with Crippen molar-refractivity contribution in [3.05, 3.63) is 35.4 Å². The van der Waals surface area contributed by atoms with Gasteiger partial charge in [0.25, 0.3) is 0 Å². The van der Waals surface area contributed by atoms with Crippen LogP contribution in [0.3, 0.4) is 0 Å². The molecule has 0 aliphatic rings. The Labute approximate surface area is 107 Å². The van der Waals surface area contributed by atoms with Gasteiger partial charge in [0.2, 0.25) is 0 Å². The molecule has 18 heavy (non-hydrogen) atoms. The first-order valence-electron chi connectivity index (χ1n) is 6.05. The number of rotatable bonds is 4. The zero-order chi connectivity index (χ0) is 14.0. The van der Waals surface area contributed by atoms with Crippen molar-refractivity contribution in [1.82, 2.24) is 5.32 Å². The predicted molar refractivity (Wildman–Crippen MR) is 68.3 cm³/mol. The van der Waals surface area contributed by atoms with Crippen LogP contribution in [0, 0.1) is 11.6 Å². The Morgan fingerprint density at radius 2 is 1.78 bits per heavy atom. The molecule has 0 aromatic heterocycles.